The summed E-state index contributed by atoms with van der Waals surface area (Å²) >= 11 is 3.38. The van der Waals surface area contributed by atoms with Gasteiger partial charge in [-0.25, -0.2) is 0 Å². The summed E-state index contributed by atoms with van der Waals surface area (Å²) in [6.45, 7) is 4.02. The lowest BCUT2D eigenvalue weighted by Gasteiger charge is -2.08. The molecule has 1 N–H and O–H groups in total. The van der Waals surface area contributed by atoms with Crippen LogP contribution in [0.4, 0.5) is 0 Å². The topological polar surface area (TPSA) is 20.2 Å². The van der Waals surface area contributed by atoms with E-state index in [2.05, 4.69) is 22.5 Å². The van der Waals surface area contributed by atoms with Crippen molar-refractivity contribution < 1.29 is 5.11 Å². The van der Waals surface area contributed by atoms with Crippen LogP contribution in [-0.2, 0) is 0 Å². The van der Waals surface area contributed by atoms with E-state index in [4.69, 9.17) is 0 Å². The van der Waals surface area contributed by atoms with E-state index in [-0.39, 0.29) is 5.75 Å². The third-order valence-corrected chi connectivity index (χ3v) is 2.90. The van der Waals surface area contributed by atoms with Crippen molar-refractivity contribution in [3.8, 4) is 5.75 Å². The monoisotopic (exact) mass is 274 g/mol. The van der Waals surface area contributed by atoms with E-state index in [1.807, 2.05) is 36.4 Å². The Kier molecular flexibility index (Phi) is 3.11. The largest absolute Gasteiger partial charge is 0.507 e. The highest BCUT2D eigenvalue weighted by Gasteiger charge is 2.07. The zero-order chi connectivity index (χ0) is 11.5. The summed E-state index contributed by atoms with van der Waals surface area (Å²) in [6.07, 6.45) is 0. The Balaban J connectivity index is 2.46. The number of rotatable bonds is 2. The van der Waals surface area contributed by atoms with Crippen molar-refractivity contribution in [2.75, 3.05) is 0 Å². The molecule has 0 unspecified atom stereocenters. The summed E-state index contributed by atoms with van der Waals surface area (Å²) in [4.78, 5) is 0. The Morgan fingerprint density at radius 2 is 1.75 bits per heavy atom. The minimum absolute atomic E-state index is 0.247. The molecule has 0 aromatic heterocycles. The first-order valence-corrected chi connectivity index (χ1v) is 5.71. The molecule has 0 bridgehead atoms. The average molecular weight is 275 g/mol. The Bertz CT molecular complexity index is 518. The van der Waals surface area contributed by atoms with Crippen molar-refractivity contribution in [1.29, 1.82) is 0 Å². The third kappa shape index (κ3) is 2.17. The molecule has 2 heteroatoms. The van der Waals surface area contributed by atoms with Crippen LogP contribution >= 0.6 is 15.9 Å². The highest BCUT2D eigenvalue weighted by Crippen LogP contribution is 2.31. The maximum Gasteiger partial charge on any atom is 0.123 e. The molecule has 0 saturated heterocycles. The molecule has 0 amide bonds. The molecule has 0 fully saturated rings. The van der Waals surface area contributed by atoms with Gasteiger partial charge in [0.2, 0.25) is 0 Å². The zero-order valence-electron chi connectivity index (χ0n) is 8.65. The van der Waals surface area contributed by atoms with Gasteiger partial charge in [-0.1, -0.05) is 52.8 Å². The first-order chi connectivity index (χ1) is 7.68. The van der Waals surface area contributed by atoms with E-state index in [0.717, 1.165) is 21.2 Å². The number of aromatic hydroxyl groups is 1. The van der Waals surface area contributed by atoms with E-state index in [9.17, 15) is 5.11 Å². The lowest BCUT2D eigenvalue weighted by atomic mass is 9.99. The van der Waals surface area contributed by atoms with Crippen LogP contribution in [0, 0.1) is 0 Å². The molecule has 0 saturated carbocycles. The van der Waals surface area contributed by atoms with Gasteiger partial charge in [-0.05, 0) is 29.3 Å². The smallest absolute Gasteiger partial charge is 0.123 e. The van der Waals surface area contributed by atoms with Gasteiger partial charge in [0.15, 0.2) is 0 Å². The predicted molar refractivity (Wildman–Crippen MR) is 70.4 cm³/mol. The second-order valence-electron chi connectivity index (χ2n) is 3.51. The summed E-state index contributed by atoms with van der Waals surface area (Å²) in [6, 6.07) is 15.1. The maximum absolute atomic E-state index is 9.79. The van der Waals surface area contributed by atoms with Crippen molar-refractivity contribution >= 4 is 21.5 Å². The Labute approximate surface area is 103 Å². The fraction of sp³-hybridized carbons (Fsp3) is 0. The van der Waals surface area contributed by atoms with Crippen LogP contribution in [0.2, 0.25) is 0 Å². The molecule has 0 aliphatic rings. The highest BCUT2D eigenvalue weighted by atomic mass is 79.9. The number of hydrogen-bond donors (Lipinski definition) is 1. The maximum atomic E-state index is 9.79. The van der Waals surface area contributed by atoms with Crippen LogP contribution in [0.15, 0.2) is 59.6 Å². The van der Waals surface area contributed by atoms with Crippen molar-refractivity contribution in [2.45, 2.75) is 0 Å². The lowest BCUT2D eigenvalue weighted by molar-refractivity contribution is 0.473. The van der Waals surface area contributed by atoms with Gasteiger partial charge in [0.1, 0.15) is 5.75 Å². The SMILES string of the molecule is C=C(c1ccccc1)c1cc(Br)ccc1O. The van der Waals surface area contributed by atoms with Crippen molar-refractivity contribution in [3.63, 3.8) is 0 Å². The Morgan fingerprint density at radius 1 is 1.06 bits per heavy atom. The van der Waals surface area contributed by atoms with E-state index in [1.54, 1.807) is 12.1 Å². The molecule has 2 aromatic rings. The molecular formula is C14H11BrO. The van der Waals surface area contributed by atoms with Gasteiger partial charge in [0.05, 0.1) is 0 Å². The van der Waals surface area contributed by atoms with Gasteiger partial charge in [-0.2, -0.15) is 0 Å². The molecule has 0 spiro atoms. The molecule has 0 heterocycles. The van der Waals surface area contributed by atoms with Crippen molar-refractivity contribution in [1.82, 2.24) is 0 Å². The zero-order valence-corrected chi connectivity index (χ0v) is 10.2. The lowest BCUT2D eigenvalue weighted by Crippen LogP contribution is -1.86. The standard InChI is InChI=1S/C14H11BrO/c1-10(11-5-3-2-4-6-11)13-9-12(15)7-8-14(13)16/h2-9,16H,1H2. The molecule has 0 aliphatic heterocycles. The van der Waals surface area contributed by atoms with Gasteiger partial charge in [0.25, 0.3) is 0 Å². The summed E-state index contributed by atoms with van der Waals surface area (Å²) in [5.41, 5.74) is 2.58. The number of halogens is 1. The predicted octanol–water partition coefficient (Wildman–Crippen LogP) is 4.22. The highest BCUT2D eigenvalue weighted by molar-refractivity contribution is 9.10. The van der Waals surface area contributed by atoms with Crippen LogP contribution in [0.5, 0.6) is 5.75 Å². The number of phenolic OH excluding ortho intramolecular Hbond substituents is 1. The summed E-state index contributed by atoms with van der Waals surface area (Å²) < 4.78 is 0.928. The number of phenols is 1. The van der Waals surface area contributed by atoms with Gasteiger partial charge < -0.3 is 5.11 Å². The fourth-order valence-electron chi connectivity index (χ4n) is 1.54. The van der Waals surface area contributed by atoms with Gasteiger partial charge in [-0.3, -0.25) is 0 Å². The van der Waals surface area contributed by atoms with Gasteiger partial charge in [-0.15, -0.1) is 0 Å². The van der Waals surface area contributed by atoms with Crippen LogP contribution in [0.1, 0.15) is 11.1 Å². The Hall–Kier alpha value is -1.54. The number of benzene rings is 2. The first kappa shape index (κ1) is 11.0. The third-order valence-electron chi connectivity index (χ3n) is 2.41. The molecule has 80 valence electrons. The summed E-state index contributed by atoms with van der Waals surface area (Å²) in [7, 11) is 0. The molecule has 2 rings (SSSR count). The molecule has 0 aliphatic carbocycles. The second kappa shape index (κ2) is 4.54. The molecule has 2 aromatic carbocycles. The van der Waals surface area contributed by atoms with E-state index < -0.39 is 0 Å². The molecule has 0 radical (unpaired) electrons. The van der Waals surface area contributed by atoms with E-state index in [0.29, 0.717) is 0 Å². The van der Waals surface area contributed by atoms with Crippen LogP contribution in [0.3, 0.4) is 0 Å². The second-order valence-corrected chi connectivity index (χ2v) is 4.42. The molecule has 0 atom stereocenters. The molecule has 1 nitrogen and oxygen atoms in total. The summed E-state index contributed by atoms with van der Waals surface area (Å²) in [5, 5.41) is 9.79. The van der Waals surface area contributed by atoms with Crippen LogP contribution in [0.25, 0.3) is 5.57 Å². The molecule has 16 heavy (non-hydrogen) atoms. The van der Waals surface area contributed by atoms with Crippen molar-refractivity contribution in [2.24, 2.45) is 0 Å². The fourth-order valence-corrected chi connectivity index (χ4v) is 1.91. The van der Waals surface area contributed by atoms with Gasteiger partial charge in [0, 0.05) is 10.0 Å². The van der Waals surface area contributed by atoms with Crippen LogP contribution in [-0.4, -0.2) is 5.11 Å². The van der Waals surface area contributed by atoms with Crippen LogP contribution < -0.4 is 0 Å². The van der Waals surface area contributed by atoms with E-state index >= 15 is 0 Å². The van der Waals surface area contributed by atoms with Crippen molar-refractivity contribution in [3.05, 3.63) is 70.7 Å². The number of hydrogen-bond acceptors (Lipinski definition) is 1. The minimum Gasteiger partial charge on any atom is -0.507 e. The molecular weight excluding hydrogens is 264 g/mol. The minimum atomic E-state index is 0.247. The average Bonchev–Trinajstić information content (AvgIpc) is 2.32. The van der Waals surface area contributed by atoms with Gasteiger partial charge >= 0.3 is 0 Å². The quantitative estimate of drug-likeness (QED) is 0.870. The summed E-state index contributed by atoms with van der Waals surface area (Å²) in [5.74, 6) is 0.247. The first-order valence-electron chi connectivity index (χ1n) is 4.91. The Morgan fingerprint density at radius 3 is 2.44 bits per heavy atom. The normalized spacial score (nSPS) is 10.1. The van der Waals surface area contributed by atoms with E-state index in [1.165, 1.54) is 0 Å².